The van der Waals surface area contributed by atoms with E-state index < -0.39 is 4.92 Å². The van der Waals surface area contributed by atoms with Crippen molar-refractivity contribution in [1.82, 2.24) is 9.88 Å². The van der Waals surface area contributed by atoms with Crippen molar-refractivity contribution in [2.24, 2.45) is 0 Å². The number of anilines is 1. The molecule has 8 nitrogen and oxygen atoms in total. The van der Waals surface area contributed by atoms with Crippen molar-refractivity contribution >= 4 is 23.3 Å². The highest BCUT2D eigenvalue weighted by Crippen LogP contribution is 2.29. The number of nitrogens with zero attached hydrogens (tertiary/aromatic N) is 3. The molecule has 1 saturated carbocycles. The van der Waals surface area contributed by atoms with Gasteiger partial charge >= 0.3 is 0 Å². The molecular weight excluding hydrogens is 312 g/mol. The van der Waals surface area contributed by atoms with Crippen LogP contribution in [-0.4, -0.2) is 38.7 Å². The molecule has 0 unspecified atom stereocenters. The maximum absolute atomic E-state index is 11.8. The minimum Gasteiger partial charge on any atom is -0.367 e. The summed E-state index contributed by atoms with van der Waals surface area (Å²) in [7, 11) is 0. The van der Waals surface area contributed by atoms with Gasteiger partial charge in [0.1, 0.15) is 11.5 Å². The summed E-state index contributed by atoms with van der Waals surface area (Å²) in [6.45, 7) is 1.62. The van der Waals surface area contributed by atoms with Crippen molar-refractivity contribution in [2.45, 2.75) is 57.5 Å². The number of nitrogens with one attached hydrogen (secondary N) is 1. The number of rotatable bonds is 4. The Bertz CT molecular complexity index is 667. The number of amides is 2. The fourth-order valence-electron chi connectivity index (χ4n) is 3.52. The standard InChI is InChI=1S/C16H20N4O4/c1-10-13(20(23)24)6-7-14(17-10)18-11-2-4-12(5-3-11)19-15(21)8-9-16(19)22/h6-7,11-12H,2-5,8-9H2,1H3,(H,17,18). The van der Waals surface area contributed by atoms with Crippen LogP contribution in [-0.2, 0) is 9.59 Å². The largest absolute Gasteiger partial charge is 0.367 e. The van der Waals surface area contributed by atoms with Gasteiger partial charge in [-0.25, -0.2) is 4.98 Å². The molecule has 0 spiro atoms. The lowest BCUT2D eigenvalue weighted by Gasteiger charge is -2.34. The molecule has 1 N–H and O–H groups in total. The zero-order chi connectivity index (χ0) is 17.3. The molecule has 1 aromatic heterocycles. The van der Waals surface area contributed by atoms with Crippen molar-refractivity contribution < 1.29 is 14.5 Å². The van der Waals surface area contributed by atoms with E-state index in [0.717, 1.165) is 25.7 Å². The van der Waals surface area contributed by atoms with Crippen LogP contribution in [0.2, 0.25) is 0 Å². The Balaban J connectivity index is 1.58. The third-order valence-electron chi connectivity index (χ3n) is 4.76. The maximum Gasteiger partial charge on any atom is 0.290 e. The number of aromatic nitrogens is 1. The van der Waals surface area contributed by atoms with E-state index in [4.69, 9.17) is 0 Å². The molecule has 2 aliphatic rings. The van der Waals surface area contributed by atoms with Crippen molar-refractivity contribution in [2.75, 3.05) is 5.32 Å². The average Bonchev–Trinajstić information content (AvgIpc) is 2.87. The third-order valence-corrected chi connectivity index (χ3v) is 4.76. The first kappa shape index (κ1) is 16.4. The predicted molar refractivity (Wildman–Crippen MR) is 86.4 cm³/mol. The van der Waals surface area contributed by atoms with Gasteiger partial charge in [0, 0.05) is 31.0 Å². The van der Waals surface area contributed by atoms with Gasteiger partial charge in [0.2, 0.25) is 11.8 Å². The second-order valence-corrected chi connectivity index (χ2v) is 6.37. The number of pyridine rings is 1. The monoisotopic (exact) mass is 332 g/mol. The van der Waals surface area contributed by atoms with Crippen LogP contribution in [0.25, 0.3) is 0 Å². The Morgan fingerprint density at radius 3 is 2.33 bits per heavy atom. The van der Waals surface area contributed by atoms with Crippen LogP contribution < -0.4 is 5.32 Å². The zero-order valence-electron chi connectivity index (χ0n) is 13.5. The van der Waals surface area contributed by atoms with Crippen molar-refractivity contribution in [3.63, 3.8) is 0 Å². The fraction of sp³-hybridized carbons (Fsp3) is 0.562. The molecule has 0 radical (unpaired) electrons. The second kappa shape index (κ2) is 6.54. The maximum atomic E-state index is 11.8. The number of hydrogen-bond acceptors (Lipinski definition) is 6. The number of carbonyl (C=O) groups is 2. The summed E-state index contributed by atoms with van der Waals surface area (Å²) in [6.07, 6.45) is 3.90. The van der Waals surface area contributed by atoms with Gasteiger partial charge in [0.25, 0.3) is 5.69 Å². The van der Waals surface area contributed by atoms with Gasteiger partial charge in [0.15, 0.2) is 0 Å². The Labute approximate surface area is 139 Å². The zero-order valence-corrected chi connectivity index (χ0v) is 13.5. The lowest BCUT2D eigenvalue weighted by Crippen LogP contribution is -2.43. The summed E-state index contributed by atoms with van der Waals surface area (Å²) in [4.78, 5) is 39.7. The molecule has 0 aromatic carbocycles. The normalized spacial score (nSPS) is 24.3. The van der Waals surface area contributed by atoms with Crippen LogP contribution in [0.4, 0.5) is 11.5 Å². The summed E-state index contributed by atoms with van der Waals surface area (Å²) in [6, 6.07) is 3.28. The Morgan fingerprint density at radius 1 is 1.17 bits per heavy atom. The lowest BCUT2D eigenvalue weighted by molar-refractivity contribution is -0.385. The van der Waals surface area contributed by atoms with Crippen LogP contribution in [0.1, 0.15) is 44.2 Å². The van der Waals surface area contributed by atoms with Gasteiger partial charge in [-0.1, -0.05) is 0 Å². The van der Waals surface area contributed by atoms with Crippen molar-refractivity contribution in [3.8, 4) is 0 Å². The van der Waals surface area contributed by atoms with Crippen LogP contribution in [0.3, 0.4) is 0 Å². The molecule has 1 aliphatic heterocycles. The number of likely N-dealkylation sites (tertiary alicyclic amines) is 1. The third kappa shape index (κ3) is 3.22. The Hall–Kier alpha value is -2.51. The first-order valence-corrected chi connectivity index (χ1v) is 8.19. The molecule has 0 bridgehead atoms. The topological polar surface area (TPSA) is 105 Å². The summed E-state index contributed by atoms with van der Waals surface area (Å²) in [5.74, 6) is 0.517. The van der Waals surface area contributed by atoms with E-state index in [-0.39, 0.29) is 29.6 Å². The molecule has 2 amide bonds. The molecule has 2 fully saturated rings. The first-order valence-electron chi connectivity index (χ1n) is 8.19. The summed E-state index contributed by atoms with van der Waals surface area (Å²) in [5, 5.41) is 14.1. The Kier molecular flexibility index (Phi) is 4.46. The minimum absolute atomic E-state index is 0.00955. The lowest BCUT2D eigenvalue weighted by atomic mass is 9.90. The summed E-state index contributed by atoms with van der Waals surface area (Å²) < 4.78 is 0. The molecule has 8 heteroatoms. The minimum atomic E-state index is -0.443. The number of aryl methyl sites for hydroxylation is 1. The van der Waals surface area contributed by atoms with Gasteiger partial charge in [-0.05, 0) is 38.7 Å². The SMILES string of the molecule is Cc1nc(NC2CCC(N3C(=O)CCC3=O)CC2)ccc1[N+](=O)[O-]. The van der Waals surface area contributed by atoms with Crippen molar-refractivity contribution in [1.29, 1.82) is 0 Å². The number of carbonyl (C=O) groups excluding carboxylic acids is 2. The first-order chi connectivity index (χ1) is 11.5. The molecule has 1 aromatic rings. The van der Waals surface area contributed by atoms with Crippen LogP contribution >= 0.6 is 0 Å². The molecule has 128 valence electrons. The van der Waals surface area contributed by atoms with Crippen LogP contribution in [0.5, 0.6) is 0 Å². The second-order valence-electron chi connectivity index (χ2n) is 6.37. The van der Waals surface area contributed by atoms with Gasteiger partial charge in [-0.2, -0.15) is 0 Å². The van der Waals surface area contributed by atoms with Gasteiger partial charge in [-0.3, -0.25) is 24.6 Å². The van der Waals surface area contributed by atoms with E-state index in [1.807, 2.05) is 0 Å². The van der Waals surface area contributed by atoms with E-state index in [0.29, 0.717) is 24.4 Å². The van der Waals surface area contributed by atoms with Gasteiger partial charge in [-0.15, -0.1) is 0 Å². The highest BCUT2D eigenvalue weighted by molar-refractivity contribution is 6.02. The Morgan fingerprint density at radius 2 is 1.79 bits per heavy atom. The molecule has 3 rings (SSSR count). The molecule has 24 heavy (non-hydrogen) atoms. The molecule has 1 aliphatic carbocycles. The van der Waals surface area contributed by atoms with Crippen molar-refractivity contribution in [3.05, 3.63) is 27.9 Å². The van der Waals surface area contributed by atoms with E-state index in [2.05, 4.69) is 10.3 Å². The quantitative estimate of drug-likeness (QED) is 0.514. The summed E-state index contributed by atoms with van der Waals surface area (Å²) in [5.41, 5.74) is 0.391. The highest BCUT2D eigenvalue weighted by Gasteiger charge is 2.36. The predicted octanol–water partition coefficient (Wildman–Crippen LogP) is 2.17. The van der Waals surface area contributed by atoms with Gasteiger partial charge < -0.3 is 5.32 Å². The van der Waals surface area contributed by atoms with E-state index in [1.54, 1.807) is 13.0 Å². The number of imide groups is 1. The van der Waals surface area contributed by atoms with E-state index in [9.17, 15) is 19.7 Å². The molecular formula is C16H20N4O4. The fourth-order valence-corrected chi connectivity index (χ4v) is 3.52. The summed E-state index contributed by atoms with van der Waals surface area (Å²) >= 11 is 0. The molecule has 1 saturated heterocycles. The van der Waals surface area contributed by atoms with Crippen LogP contribution in [0.15, 0.2) is 12.1 Å². The highest BCUT2D eigenvalue weighted by atomic mass is 16.6. The molecule has 2 heterocycles. The van der Waals surface area contributed by atoms with Crippen LogP contribution in [0, 0.1) is 17.0 Å². The number of nitro groups is 1. The van der Waals surface area contributed by atoms with Gasteiger partial charge in [0.05, 0.1) is 4.92 Å². The number of hydrogen-bond donors (Lipinski definition) is 1. The average molecular weight is 332 g/mol. The van der Waals surface area contributed by atoms with E-state index >= 15 is 0 Å². The smallest absolute Gasteiger partial charge is 0.290 e. The molecule has 0 atom stereocenters. The van der Waals surface area contributed by atoms with E-state index in [1.165, 1.54) is 11.0 Å².